The van der Waals surface area contributed by atoms with E-state index in [1.165, 1.54) is 11.8 Å². The molecule has 0 fully saturated rings. The molecule has 2 atom stereocenters. The van der Waals surface area contributed by atoms with Gasteiger partial charge in [-0.1, -0.05) is 90.6 Å². The highest BCUT2D eigenvalue weighted by molar-refractivity contribution is 8.16. The molecule has 0 bridgehead atoms. The highest BCUT2D eigenvalue weighted by atomic mass is 32.2. The van der Waals surface area contributed by atoms with Gasteiger partial charge in [-0.05, 0) is 36.4 Å². The SMILES string of the molecule is COc1ccccc1C1C(C(=O)OCc2ccccc2)=C(C)N=C2SC=C(CC(=O)NC(C)c3ccccc3)N21. The molecule has 0 aromatic heterocycles. The third kappa shape index (κ3) is 5.82. The molecule has 0 aliphatic carbocycles. The maximum atomic E-state index is 13.7. The summed E-state index contributed by atoms with van der Waals surface area (Å²) in [6, 6.07) is 26.3. The maximum absolute atomic E-state index is 13.7. The van der Waals surface area contributed by atoms with Gasteiger partial charge in [0.1, 0.15) is 12.4 Å². The number of benzene rings is 3. The van der Waals surface area contributed by atoms with Gasteiger partial charge in [-0.2, -0.15) is 0 Å². The van der Waals surface area contributed by atoms with Crippen molar-refractivity contribution < 1.29 is 19.1 Å². The lowest BCUT2D eigenvalue weighted by Gasteiger charge is -2.36. The molecule has 5 rings (SSSR count). The molecule has 7 nitrogen and oxygen atoms in total. The molecule has 1 N–H and O–H groups in total. The van der Waals surface area contributed by atoms with E-state index in [1.807, 2.05) is 109 Å². The predicted octanol–water partition coefficient (Wildman–Crippen LogP) is 6.28. The molecular weight excluding hydrogens is 522 g/mol. The third-order valence-corrected chi connectivity index (χ3v) is 7.77. The number of carbonyl (C=O) groups excluding carboxylic acids is 2. The number of thioether (sulfide) groups is 1. The highest BCUT2D eigenvalue weighted by Gasteiger charge is 2.42. The van der Waals surface area contributed by atoms with Crippen LogP contribution in [0.1, 0.15) is 49.0 Å². The zero-order valence-electron chi connectivity index (χ0n) is 22.7. The van der Waals surface area contributed by atoms with Crippen LogP contribution in [0.25, 0.3) is 0 Å². The Morgan fingerprint density at radius 2 is 1.68 bits per heavy atom. The van der Waals surface area contributed by atoms with Crippen molar-refractivity contribution in [3.63, 3.8) is 0 Å². The minimum absolute atomic E-state index is 0.122. The number of carbonyl (C=O) groups is 2. The van der Waals surface area contributed by atoms with E-state index in [0.717, 1.165) is 22.4 Å². The van der Waals surface area contributed by atoms with Crippen molar-refractivity contribution in [3.8, 4) is 5.75 Å². The fraction of sp³-hybridized carbons (Fsp3) is 0.219. The topological polar surface area (TPSA) is 80.2 Å². The van der Waals surface area contributed by atoms with E-state index in [4.69, 9.17) is 14.5 Å². The molecule has 8 heteroatoms. The summed E-state index contributed by atoms with van der Waals surface area (Å²) in [6.45, 7) is 3.92. The van der Waals surface area contributed by atoms with Crippen molar-refractivity contribution in [2.24, 2.45) is 4.99 Å². The van der Waals surface area contributed by atoms with E-state index >= 15 is 0 Å². The summed E-state index contributed by atoms with van der Waals surface area (Å²) in [4.78, 5) is 33.6. The first kappa shape index (κ1) is 27.3. The van der Waals surface area contributed by atoms with Gasteiger partial charge in [-0.15, -0.1) is 0 Å². The molecule has 0 saturated carbocycles. The van der Waals surface area contributed by atoms with Crippen LogP contribution in [0.2, 0.25) is 0 Å². The van der Waals surface area contributed by atoms with Gasteiger partial charge in [0.05, 0.1) is 36.9 Å². The van der Waals surface area contributed by atoms with Crippen LogP contribution in [-0.4, -0.2) is 29.1 Å². The standard InChI is InChI=1S/C32H31N3O4S/c1-21(24-14-8-5-9-15-24)33-28(36)18-25-20-40-32-34-22(2)29(31(37)39-19-23-12-6-4-7-13-23)30(35(25)32)26-16-10-11-17-27(26)38-3/h4-17,20-21,30H,18-19H2,1-3H3,(H,33,36). The van der Waals surface area contributed by atoms with Crippen LogP contribution >= 0.6 is 11.8 Å². The number of esters is 1. The van der Waals surface area contributed by atoms with Crippen LogP contribution in [0.4, 0.5) is 0 Å². The highest BCUT2D eigenvalue weighted by Crippen LogP contribution is 2.47. The van der Waals surface area contributed by atoms with Gasteiger partial charge in [0.2, 0.25) is 5.91 Å². The van der Waals surface area contributed by atoms with Crippen molar-refractivity contribution >= 4 is 28.8 Å². The van der Waals surface area contributed by atoms with Gasteiger partial charge in [-0.3, -0.25) is 4.79 Å². The summed E-state index contributed by atoms with van der Waals surface area (Å²) in [6.07, 6.45) is 0.125. The predicted molar refractivity (Wildman–Crippen MR) is 157 cm³/mol. The van der Waals surface area contributed by atoms with Gasteiger partial charge in [0, 0.05) is 11.3 Å². The summed E-state index contributed by atoms with van der Waals surface area (Å²) < 4.78 is 11.5. The van der Waals surface area contributed by atoms with Gasteiger partial charge in [0.15, 0.2) is 5.17 Å². The monoisotopic (exact) mass is 553 g/mol. The Labute approximate surface area is 238 Å². The summed E-state index contributed by atoms with van der Waals surface area (Å²) in [5.41, 5.74) is 4.44. The fourth-order valence-corrected chi connectivity index (χ4v) is 5.86. The van der Waals surface area contributed by atoms with Gasteiger partial charge >= 0.3 is 5.97 Å². The number of para-hydroxylation sites is 1. The normalized spacial score (nSPS) is 17.0. The molecule has 40 heavy (non-hydrogen) atoms. The van der Waals surface area contributed by atoms with Crippen LogP contribution < -0.4 is 10.1 Å². The van der Waals surface area contributed by atoms with Crippen LogP contribution in [0.5, 0.6) is 5.75 Å². The van der Waals surface area contributed by atoms with Crippen LogP contribution in [0.15, 0.2) is 112 Å². The maximum Gasteiger partial charge on any atom is 0.338 e. The zero-order chi connectivity index (χ0) is 28.1. The average Bonchev–Trinajstić information content (AvgIpc) is 3.37. The second-order valence-corrected chi connectivity index (χ2v) is 10.4. The molecule has 2 heterocycles. The Morgan fingerprint density at radius 1 is 1.00 bits per heavy atom. The number of allylic oxidation sites excluding steroid dienone is 1. The van der Waals surface area contributed by atoms with Crippen molar-refractivity contribution in [1.29, 1.82) is 0 Å². The minimum Gasteiger partial charge on any atom is -0.496 e. The first-order valence-electron chi connectivity index (χ1n) is 13.1. The second kappa shape index (κ2) is 12.3. The Balaban J connectivity index is 1.44. The van der Waals surface area contributed by atoms with E-state index in [0.29, 0.717) is 22.2 Å². The number of amides is 1. The smallest absolute Gasteiger partial charge is 0.338 e. The van der Waals surface area contributed by atoms with E-state index in [2.05, 4.69) is 5.32 Å². The second-order valence-electron chi connectivity index (χ2n) is 9.57. The quantitative estimate of drug-likeness (QED) is 0.314. The lowest BCUT2D eigenvalue weighted by atomic mass is 9.93. The Kier molecular flexibility index (Phi) is 8.36. The molecule has 2 unspecified atom stereocenters. The molecule has 2 aliphatic rings. The molecule has 1 amide bonds. The van der Waals surface area contributed by atoms with Crippen molar-refractivity contribution in [3.05, 3.63) is 124 Å². The lowest BCUT2D eigenvalue weighted by Crippen LogP contribution is -2.38. The Morgan fingerprint density at radius 3 is 2.40 bits per heavy atom. The van der Waals surface area contributed by atoms with E-state index in [9.17, 15) is 9.59 Å². The Bertz CT molecular complexity index is 1480. The van der Waals surface area contributed by atoms with E-state index < -0.39 is 12.0 Å². The zero-order valence-corrected chi connectivity index (χ0v) is 23.5. The van der Waals surface area contributed by atoms with E-state index in [1.54, 1.807) is 7.11 Å². The molecule has 204 valence electrons. The average molecular weight is 554 g/mol. The van der Waals surface area contributed by atoms with Crippen LogP contribution in [0, 0.1) is 0 Å². The van der Waals surface area contributed by atoms with Crippen molar-refractivity contribution in [1.82, 2.24) is 10.2 Å². The van der Waals surface area contributed by atoms with Gasteiger partial charge in [-0.25, -0.2) is 9.79 Å². The summed E-state index contributed by atoms with van der Waals surface area (Å²) >= 11 is 1.44. The molecule has 3 aromatic rings. The lowest BCUT2D eigenvalue weighted by molar-refractivity contribution is -0.141. The first-order chi connectivity index (χ1) is 19.5. The molecular formula is C32H31N3O4S. The number of amidine groups is 1. The largest absolute Gasteiger partial charge is 0.496 e. The minimum atomic E-state index is -0.576. The van der Waals surface area contributed by atoms with Crippen LogP contribution in [-0.2, 0) is 20.9 Å². The van der Waals surface area contributed by atoms with E-state index in [-0.39, 0.29) is 25.0 Å². The number of nitrogens with one attached hydrogen (secondary N) is 1. The number of ether oxygens (including phenoxy) is 2. The van der Waals surface area contributed by atoms with Crippen molar-refractivity contribution in [2.75, 3.05) is 7.11 Å². The number of hydrogen-bond acceptors (Lipinski definition) is 7. The Hall–Kier alpha value is -4.30. The number of nitrogens with zero attached hydrogens (tertiary/aromatic N) is 2. The summed E-state index contributed by atoms with van der Waals surface area (Å²) in [7, 11) is 1.61. The van der Waals surface area contributed by atoms with Gasteiger partial charge in [0.25, 0.3) is 0 Å². The molecule has 0 spiro atoms. The number of rotatable bonds is 9. The fourth-order valence-electron chi connectivity index (χ4n) is 4.90. The number of hydrogen-bond donors (Lipinski definition) is 1. The van der Waals surface area contributed by atoms with Gasteiger partial charge < -0.3 is 19.7 Å². The number of methoxy groups -OCH3 is 1. The van der Waals surface area contributed by atoms with Crippen molar-refractivity contribution in [2.45, 2.75) is 39.0 Å². The molecule has 0 radical (unpaired) electrons. The molecule has 3 aromatic carbocycles. The summed E-state index contributed by atoms with van der Waals surface area (Å²) in [5.74, 6) is 0.0504. The first-order valence-corrected chi connectivity index (χ1v) is 14.0. The third-order valence-electron chi connectivity index (χ3n) is 6.89. The molecule has 0 saturated heterocycles. The number of aliphatic imine (C=N–C) groups is 1. The summed E-state index contributed by atoms with van der Waals surface area (Å²) in [5, 5.41) is 5.72. The molecule has 2 aliphatic heterocycles. The van der Waals surface area contributed by atoms with Crippen LogP contribution in [0.3, 0.4) is 0 Å². The number of fused-ring (bicyclic) bond motifs is 1.